The largest absolute Gasteiger partial charge is 0.324 e. The summed E-state index contributed by atoms with van der Waals surface area (Å²) in [6.07, 6.45) is 0.254. The molecule has 1 amide bonds. The first-order chi connectivity index (χ1) is 8.49. The van der Waals surface area contributed by atoms with Gasteiger partial charge in [0.2, 0.25) is 5.91 Å². The average molecular weight is 256 g/mol. The Morgan fingerprint density at radius 1 is 1.33 bits per heavy atom. The van der Waals surface area contributed by atoms with Gasteiger partial charge in [-0.2, -0.15) is 0 Å². The van der Waals surface area contributed by atoms with Gasteiger partial charge >= 0.3 is 0 Å². The molecule has 0 atom stereocenters. The maximum absolute atomic E-state index is 13.2. The molecule has 0 heterocycles. The highest BCUT2D eigenvalue weighted by Gasteiger charge is 2.07. The smallest absolute Gasteiger partial charge is 0.225 e. The minimum absolute atomic E-state index is 0.00487. The molecule has 1 aromatic rings. The van der Waals surface area contributed by atoms with Crippen LogP contribution in [-0.2, 0) is 4.79 Å². The van der Waals surface area contributed by atoms with Gasteiger partial charge in [0.05, 0.1) is 5.69 Å². The van der Waals surface area contributed by atoms with Crippen molar-refractivity contribution in [1.29, 1.82) is 0 Å². The number of benzene rings is 1. The van der Waals surface area contributed by atoms with E-state index >= 15 is 0 Å². The van der Waals surface area contributed by atoms with Crippen LogP contribution in [0, 0.1) is 17.6 Å². The van der Waals surface area contributed by atoms with Crippen molar-refractivity contribution < 1.29 is 13.6 Å². The lowest BCUT2D eigenvalue weighted by Crippen LogP contribution is -2.25. The first kappa shape index (κ1) is 14.6. The second-order valence-corrected chi connectivity index (χ2v) is 4.52. The Hall–Kier alpha value is -1.49. The van der Waals surface area contributed by atoms with Gasteiger partial charge in [0.25, 0.3) is 0 Å². The van der Waals surface area contributed by atoms with Crippen molar-refractivity contribution in [2.75, 3.05) is 18.4 Å². The number of hydrogen-bond acceptors (Lipinski definition) is 2. The Balaban J connectivity index is 2.35. The summed E-state index contributed by atoms with van der Waals surface area (Å²) in [4.78, 5) is 11.5. The van der Waals surface area contributed by atoms with Gasteiger partial charge in [-0.3, -0.25) is 4.79 Å². The van der Waals surface area contributed by atoms with Gasteiger partial charge in [-0.1, -0.05) is 13.8 Å². The summed E-state index contributed by atoms with van der Waals surface area (Å²) in [6.45, 7) is 5.51. The number of amides is 1. The standard InChI is InChI=1S/C13H18F2N2O/c1-9(2)8-16-6-5-13(18)17-12-4-3-10(14)7-11(12)15/h3-4,7,9,16H,5-6,8H2,1-2H3,(H,17,18). The predicted molar refractivity (Wildman–Crippen MR) is 67.3 cm³/mol. The first-order valence-corrected chi connectivity index (χ1v) is 5.94. The van der Waals surface area contributed by atoms with Crippen LogP contribution >= 0.6 is 0 Å². The fourth-order valence-electron chi connectivity index (χ4n) is 1.40. The van der Waals surface area contributed by atoms with E-state index in [2.05, 4.69) is 24.5 Å². The molecular formula is C13H18F2N2O. The first-order valence-electron chi connectivity index (χ1n) is 5.94. The number of rotatable bonds is 6. The number of hydrogen-bond donors (Lipinski definition) is 2. The Morgan fingerprint density at radius 3 is 2.67 bits per heavy atom. The van der Waals surface area contributed by atoms with E-state index in [1.165, 1.54) is 6.07 Å². The Morgan fingerprint density at radius 2 is 2.06 bits per heavy atom. The van der Waals surface area contributed by atoms with E-state index in [1.54, 1.807) is 0 Å². The topological polar surface area (TPSA) is 41.1 Å². The summed E-state index contributed by atoms with van der Waals surface area (Å²) in [5, 5.41) is 5.52. The third-order valence-corrected chi connectivity index (χ3v) is 2.29. The number of carbonyl (C=O) groups is 1. The Bertz CT molecular complexity index is 408. The van der Waals surface area contributed by atoms with E-state index in [0.717, 1.165) is 18.7 Å². The van der Waals surface area contributed by atoms with Crippen molar-refractivity contribution in [2.45, 2.75) is 20.3 Å². The van der Waals surface area contributed by atoms with Crippen LogP contribution in [0.25, 0.3) is 0 Å². The van der Waals surface area contributed by atoms with Gasteiger partial charge in [-0.05, 0) is 24.6 Å². The number of nitrogens with one attached hydrogen (secondary N) is 2. The number of carbonyl (C=O) groups excluding carboxylic acids is 1. The summed E-state index contributed by atoms with van der Waals surface area (Å²) >= 11 is 0. The highest BCUT2D eigenvalue weighted by Crippen LogP contribution is 2.14. The van der Waals surface area contributed by atoms with Crippen LogP contribution in [-0.4, -0.2) is 19.0 Å². The molecule has 0 bridgehead atoms. The van der Waals surface area contributed by atoms with Crippen molar-refractivity contribution in [3.8, 4) is 0 Å². The molecule has 100 valence electrons. The molecule has 0 saturated heterocycles. The van der Waals surface area contributed by atoms with Gasteiger partial charge in [-0.15, -0.1) is 0 Å². The predicted octanol–water partition coefficient (Wildman–Crippen LogP) is 2.54. The Labute approximate surface area is 106 Å². The van der Waals surface area contributed by atoms with E-state index < -0.39 is 11.6 Å². The minimum atomic E-state index is -0.765. The molecular weight excluding hydrogens is 238 g/mol. The van der Waals surface area contributed by atoms with Gasteiger partial charge in [0, 0.05) is 19.0 Å². The molecule has 5 heteroatoms. The lowest BCUT2D eigenvalue weighted by molar-refractivity contribution is -0.116. The van der Waals surface area contributed by atoms with Crippen LogP contribution in [0.4, 0.5) is 14.5 Å². The molecule has 0 radical (unpaired) electrons. The van der Waals surface area contributed by atoms with E-state index in [0.29, 0.717) is 12.5 Å². The molecule has 0 aliphatic heterocycles. The van der Waals surface area contributed by atoms with Crippen molar-refractivity contribution in [3.63, 3.8) is 0 Å². The zero-order chi connectivity index (χ0) is 13.5. The van der Waals surface area contributed by atoms with Crippen LogP contribution in [0.1, 0.15) is 20.3 Å². The summed E-state index contributed by atoms with van der Waals surface area (Å²) in [6, 6.07) is 3.06. The monoisotopic (exact) mass is 256 g/mol. The van der Waals surface area contributed by atoms with Crippen molar-refractivity contribution in [1.82, 2.24) is 5.32 Å². The number of halogens is 2. The van der Waals surface area contributed by atoms with Crippen LogP contribution in [0.5, 0.6) is 0 Å². The molecule has 3 nitrogen and oxygen atoms in total. The zero-order valence-corrected chi connectivity index (χ0v) is 10.6. The summed E-state index contributed by atoms with van der Waals surface area (Å²) in [5.41, 5.74) is 0.00487. The molecule has 0 aliphatic carbocycles. The molecule has 0 aliphatic rings. The Kier molecular flexibility index (Phi) is 5.71. The number of anilines is 1. The van der Waals surface area contributed by atoms with E-state index in [9.17, 15) is 13.6 Å². The molecule has 1 rings (SSSR count). The highest BCUT2D eigenvalue weighted by molar-refractivity contribution is 5.90. The molecule has 0 aromatic heterocycles. The van der Waals surface area contributed by atoms with Crippen LogP contribution in [0.15, 0.2) is 18.2 Å². The van der Waals surface area contributed by atoms with Gasteiger partial charge in [0.15, 0.2) is 0 Å². The minimum Gasteiger partial charge on any atom is -0.324 e. The van der Waals surface area contributed by atoms with E-state index in [4.69, 9.17) is 0 Å². The van der Waals surface area contributed by atoms with Crippen LogP contribution in [0.2, 0.25) is 0 Å². The third kappa shape index (κ3) is 5.23. The molecule has 2 N–H and O–H groups in total. The molecule has 18 heavy (non-hydrogen) atoms. The second kappa shape index (κ2) is 7.06. The quantitative estimate of drug-likeness (QED) is 0.768. The normalized spacial score (nSPS) is 10.7. The third-order valence-electron chi connectivity index (χ3n) is 2.29. The van der Waals surface area contributed by atoms with Crippen molar-refractivity contribution >= 4 is 11.6 Å². The molecule has 0 unspecified atom stereocenters. The van der Waals surface area contributed by atoms with Crippen molar-refractivity contribution in [3.05, 3.63) is 29.8 Å². The SMILES string of the molecule is CC(C)CNCCC(=O)Nc1ccc(F)cc1F. The fourth-order valence-corrected chi connectivity index (χ4v) is 1.40. The molecule has 0 spiro atoms. The lowest BCUT2D eigenvalue weighted by Gasteiger charge is -2.08. The highest BCUT2D eigenvalue weighted by atomic mass is 19.1. The lowest BCUT2D eigenvalue weighted by atomic mass is 10.2. The summed E-state index contributed by atoms with van der Waals surface area (Å²) in [7, 11) is 0. The van der Waals surface area contributed by atoms with Crippen molar-refractivity contribution in [2.24, 2.45) is 5.92 Å². The van der Waals surface area contributed by atoms with Gasteiger partial charge in [0.1, 0.15) is 11.6 Å². The van der Waals surface area contributed by atoms with Gasteiger partial charge < -0.3 is 10.6 Å². The van der Waals surface area contributed by atoms with E-state index in [1.807, 2.05) is 0 Å². The van der Waals surface area contributed by atoms with Crippen LogP contribution < -0.4 is 10.6 Å². The van der Waals surface area contributed by atoms with Gasteiger partial charge in [-0.25, -0.2) is 8.78 Å². The fraction of sp³-hybridized carbons (Fsp3) is 0.462. The molecule has 0 saturated carbocycles. The maximum Gasteiger partial charge on any atom is 0.225 e. The summed E-state index contributed by atoms with van der Waals surface area (Å²) in [5.74, 6) is -1.21. The second-order valence-electron chi connectivity index (χ2n) is 4.52. The molecule has 0 fully saturated rings. The summed E-state index contributed by atoms with van der Waals surface area (Å²) < 4.78 is 25.9. The van der Waals surface area contributed by atoms with E-state index in [-0.39, 0.29) is 18.0 Å². The maximum atomic E-state index is 13.2. The van der Waals surface area contributed by atoms with Crippen LogP contribution in [0.3, 0.4) is 0 Å². The molecule has 1 aromatic carbocycles. The average Bonchev–Trinajstić information content (AvgIpc) is 2.28. The zero-order valence-electron chi connectivity index (χ0n) is 10.6.